The molecule has 0 unspecified atom stereocenters. The van der Waals surface area contributed by atoms with Crippen molar-refractivity contribution >= 4 is 17.6 Å². The maximum absolute atomic E-state index is 11.5. The van der Waals surface area contributed by atoms with Gasteiger partial charge in [-0.25, -0.2) is 4.79 Å². The number of hydrogen-bond acceptors (Lipinski definition) is 4. The second-order valence-electron chi connectivity index (χ2n) is 4.27. The van der Waals surface area contributed by atoms with Crippen LogP contribution in [0.25, 0.3) is 0 Å². The molecular weight excluding hydrogens is 258 g/mol. The molecule has 0 saturated carbocycles. The van der Waals surface area contributed by atoms with E-state index in [1.54, 1.807) is 31.2 Å². The molecule has 5 nitrogen and oxygen atoms in total. The van der Waals surface area contributed by atoms with E-state index >= 15 is 0 Å². The standard InChI is InChI=1S/C15H19NO4/c1-4-19-15(18)10-9-14(17)16-12-5-7-13(8-6-12)20-11(2)3/h5-11H,4H2,1-3H3,(H,16,17)/b10-9+. The van der Waals surface area contributed by atoms with E-state index in [4.69, 9.17) is 4.74 Å². The maximum atomic E-state index is 11.5. The Kier molecular flexibility index (Phi) is 6.29. The van der Waals surface area contributed by atoms with Crippen molar-refractivity contribution in [1.29, 1.82) is 0 Å². The van der Waals surface area contributed by atoms with Gasteiger partial charge in [0, 0.05) is 17.8 Å². The number of carbonyl (C=O) groups excluding carboxylic acids is 2. The molecule has 5 heteroatoms. The van der Waals surface area contributed by atoms with E-state index < -0.39 is 11.9 Å². The lowest BCUT2D eigenvalue weighted by molar-refractivity contribution is -0.137. The molecule has 1 aromatic rings. The minimum atomic E-state index is -0.539. The molecule has 108 valence electrons. The second-order valence-corrected chi connectivity index (χ2v) is 4.27. The van der Waals surface area contributed by atoms with Crippen LogP contribution in [-0.4, -0.2) is 24.6 Å². The fourth-order valence-corrected chi connectivity index (χ4v) is 1.41. The molecule has 0 heterocycles. The Bertz CT molecular complexity index is 477. The largest absolute Gasteiger partial charge is 0.491 e. The van der Waals surface area contributed by atoms with Crippen molar-refractivity contribution in [2.24, 2.45) is 0 Å². The van der Waals surface area contributed by atoms with E-state index in [2.05, 4.69) is 10.1 Å². The van der Waals surface area contributed by atoms with Gasteiger partial charge in [0.15, 0.2) is 0 Å². The predicted octanol–water partition coefficient (Wildman–Crippen LogP) is 2.53. The SMILES string of the molecule is CCOC(=O)/C=C/C(=O)Nc1ccc(OC(C)C)cc1. The van der Waals surface area contributed by atoms with E-state index in [1.165, 1.54) is 0 Å². The predicted molar refractivity (Wildman–Crippen MR) is 76.6 cm³/mol. The summed E-state index contributed by atoms with van der Waals surface area (Å²) in [4.78, 5) is 22.6. The lowest BCUT2D eigenvalue weighted by Gasteiger charge is -2.10. The highest BCUT2D eigenvalue weighted by Gasteiger charge is 2.01. The van der Waals surface area contributed by atoms with Crippen molar-refractivity contribution in [3.63, 3.8) is 0 Å². The Morgan fingerprint density at radius 1 is 1.20 bits per heavy atom. The number of nitrogens with one attached hydrogen (secondary N) is 1. The van der Waals surface area contributed by atoms with Crippen LogP contribution >= 0.6 is 0 Å². The molecule has 0 saturated heterocycles. The van der Waals surface area contributed by atoms with Crippen LogP contribution in [0.4, 0.5) is 5.69 Å². The molecule has 0 radical (unpaired) electrons. The van der Waals surface area contributed by atoms with Gasteiger partial charge in [0.05, 0.1) is 12.7 Å². The summed E-state index contributed by atoms with van der Waals surface area (Å²) in [5.74, 6) is -0.195. The fourth-order valence-electron chi connectivity index (χ4n) is 1.41. The monoisotopic (exact) mass is 277 g/mol. The van der Waals surface area contributed by atoms with E-state index in [-0.39, 0.29) is 12.7 Å². The first-order valence-corrected chi connectivity index (χ1v) is 6.43. The van der Waals surface area contributed by atoms with Gasteiger partial charge in [-0.1, -0.05) is 0 Å². The Morgan fingerprint density at radius 3 is 2.40 bits per heavy atom. The van der Waals surface area contributed by atoms with Crippen molar-refractivity contribution in [3.05, 3.63) is 36.4 Å². The van der Waals surface area contributed by atoms with Gasteiger partial charge in [-0.2, -0.15) is 0 Å². The first kappa shape index (κ1) is 15.8. The van der Waals surface area contributed by atoms with Crippen LogP contribution in [0, 0.1) is 0 Å². The zero-order valence-electron chi connectivity index (χ0n) is 11.9. The van der Waals surface area contributed by atoms with E-state index in [9.17, 15) is 9.59 Å². The van der Waals surface area contributed by atoms with Crippen LogP contribution in [0.3, 0.4) is 0 Å². The maximum Gasteiger partial charge on any atom is 0.330 e. The lowest BCUT2D eigenvalue weighted by atomic mass is 10.3. The number of ether oxygens (including phenoxy) is 2. The fraction of sp³-hybridized carbons (Fsp3) is 0.333. The number of rotatable bonds is 6. The number of amides is 1. The van der Waals surface area contributed by atoms with Crippen LogP contribution in [0.1, 0.15) is 20.8 Å². The molecule has 20 heavy (non-hydrogen) atoms. The smallest absolute Gasteiger partial charge is 0.330 e. The highest BCUT2D eigenvalue weighted by molar-refractivity contribution is 6.02. The normalized spacial score (nSPS) is 10.6. The average Bonchev–Trinajstić information content (AvgIpc) is 2.38. The Morgan fingerprint density at radius 2 is 1.85 bits per heavy atom. The second kappa shape index (κ2) is 7.99. The van der Waals surface area contributed by atoms with Gasteiger partial charge in [0.25, 0.3) is 0 Å². The summed E-state index contributed by atoms with van der Waals surface area (Å²) in [5.41, 5.74) is 0.625. The minimum Gasteiger partial charge on any atom is -0.491 e. The Balaban J connectivity index is 2.52. The van der Waals surface area contributed by atoms with E-state index in [1.807, 2.05) is 13.8 Å². The molecule has 0 atom stereocenters. The molecule has 1 N–H and O–H groups in total. The van der Waals surface area contributed by atoms with Gasteiger partial charge in [-0.3, -0.25) is 4.79 Å². The van der Waals surface area contributed by atoms with Gasteiger partial charge in [0.1, 0.15) is 5.75 Å². The number of esters is 1. The Labute approximate surface area is 118 Å². The molecule has 1 aromatic carbocycles. The van der Waals surface area contributed by atoms with Gasteiger partial charge < -0.3 is 14.8 Å². The summed E-state index contributed by atoms with van der Waals surface area (Å²) in [7, 11) is 0. The third-order valence-electron chi connectivity index (χ3n) is 2.15. The number of benzene rings is 1. The summed E-state index contributed by atoms with van der Waals surface area (Å²) in [6.45, 7) is 5.86. The molecule has 0 aliphatic heterocycles. The van der Waals surface area contributed by atoms with Crippen molar-refractivity contribution in [2.75, 3.05) is 11.9 Å². The van der Waals surface area contributed by atoms with Gasteiger partial charge >= 0.3 is 5.97 Å². The van der Waals surface area contributed by atoms with Gasteiger partial charge in [0.2, 0.25) is 5.91 Å². The van der Waals surface area contributed by atoms with Crippen molar-refractivity contribution in [1.82, 2.24) is 0 Å². The average molecular weight is 277 g/mol. The molecule has 1 amide bonds. The van der Waals surface area contributed by atoms with Crippen LogP contribution < -0.4 is 10.1 Å². The molecule has 1 rings (SSSR count). The van der Waals surface area contributed by atoms with Crippen LogP contribution in [0.15, 0.2) is 36.4 Å². The molecule has 0 aliphatic carbocycles. The van der Waals surface area contributed by atoms with Crippen LogP contribution in [-0.2, 0) is 14.3 Å². The molecule has 0 aliphatic rings. The van der Waals surface area contributed by atoms with Crippen LogP contribution in [0.5, 0.6) is 5.75 Å². The molecular formula is C15H19NO4. The van der Waals surface area contributed by atoms with Gasteiger partial charge in [-0.05, 0) is 45.0 Å². The van der Waals surface area contributed by atoms with E-state index in [0.29, 0.717) is 5.69 Å². The first-order chi connectivity index (χ1) is 9.51. The third kappa shape index (κ3) is 6.04. The molecule has 0 bridgehead atoms. The summed E-state index contributed by atoms with van der Waals surface area (Å²) in [6.07, 6.45) is 2.33. The number of carbonyl (C=O) groups is 2. The highest BCUT2D eigenvalue weighted by Crippen LogP contribution is 2.16. The first-order valence-electron chi connectivity index (χ1n) is 6.43. The zero-order chi connectivity index (χ0) is 15.0. The van der Waals surface area contributed by atoms with Crippen molar-refractivity contribution in [2.45, 2.75) is 26.9 Å². The molecule has 0 aromatic heterocycles. The zero-order valence-corrected chi connectivity index (χ0v) is 11.9. The summed E-state index contributed by atoms with van der Waals surface area (Å²) < 4.78 is 10.2. The van der Waals surface area contributed by atoms with Crippen molar-refractivity contribution in [3.8, 4) is 5.75 Å². The quantitative estimate of drug-likeness (QED) is 0.641. The molecule has 0 spiro atoms. The Hall–Kier alpha value is -2.30. The van der Waals surface area contributed by atoms with Crippen molar-refractivity contribution < 1.29 is 19.1 Å². The highest BCUT2D eigenvalue weighted by atomic mass is 16.5. The molecule has 0 fully saturated rings. The lowest BCUT2D eigenvalue weighted by Crippen LogP contribution is -2.10. The topological polar surface area (TPSA) is 64.6 Å². The number of anilines is 1. The third-order valence-corrected chi connectivity index (χ3v) is 2.15. The summed E-state index contributed by atoms with van der Waals surface area (Å²) in [6, 6.07) is 7.00. The number of hydrogen-bond donors (Lipinski definition) is 1. The summed E-state index contributed by atoms with van der Waals surface area (Å²) in [5, 5.41) is 2.63. The van der Waals surface area contributed by atoms with E-state index in [0.717, 1.165) is 17.9 Å². The minimum absolute atomic E-state index is 0.1000. The van der Waals surface area contributed by atoms with Crippen LogP contribution in [0.2, 0.25) is 0 Å². The van der Waals surface area contributed by atoms with Gasteiger partial charge in [-0.15, -0.1) is 0 Å². The summed E-state index contributed by atoms with van der Waals surface area (Å²) >= 11 is 0.